The largest absolute Gasteiger partial charge is 0.497 e. The first-order chi connectivity index (χ1) is 11.6. The molecule has 0 heterocycles. The van der Waals surface area contributed by atoms with E-state index < -0.39 is 6.10 Å². The van der Waals surface area contributed by atoms with Gasteiger partial charge in [-0.15, -0.1) is 0 Å². The molecule has 0 fully saturated rings. The molecule has 5 heteroatoms. The molecule has 0 saturated heterocycles. The van der Waals surface area contributed by atoms with E-state index in [0.717, 1.165) is 24.1 Å². The Morgan fingerprint density at radius 3 is 2.75 bits per heavy atom. The Hall–Kier alpha value is -2.53. The molecule has 0 aromatic heterocycles. The number of aliphatic hydroxyl groups is 1. The summed E-state index contributed by atoms with van der Waals surface area (Å²) >= 11 is 0. The number of carbonyl (C=O) groups excluding carboxylic acids is 1. The summed E-state index contributed by atoms with van der Waals surface area (Å²) in [6.45, 7) is 2.22. The van der Waals surface area contributed by atoms with Gasteiger partial charge < -0.3 is 20.5 Å². The van der Waals surface area contributed by atoms with Gasteiger partial charge in [0.25, 0.3) is 0 Å². The average molecular weight is 328 g/mol. The maximum Gasteiger partial charge on any atom is 0.319 e. The zero-order valence-corrected chi connectivity index (χ0v) is 14.1. The van der Waals surface area contributed by atoms with E-state index in [1.165, 1.54) is 0 Å². The predicted molar refractivity (Wildman–Crippen MR) is 95.4 cm³/mol. The van der Waals surface area contributed by atoms with Crippen LogP contribution in [0.3, 0.4) is 0 Å². The summed E-state index contributed by atoms with van der Waals surface area (Å²) in [7, 11) is 1.57. The summed E-state index contributed by atoms with van der Waals surface area (Å²) in [5.74, 6) is 0.671. The minimum absolute atomic E-state index is 0.120. The van der Waals surface area contributed by atoms with Gasteiger partial charge in [0.1, 0.15) is 5.75 Å². The number of nitrogens with one attached hydrogen (secondary N) is 2. The smallest absolute Gasteiger partial charge is 0.319 e. The zero-order chi connectivity index (χ0) is 17.4. The molecule has 2 aromatic rings. The molecule has 2 amide bonds. The Labute approximate surface area is 142 Å². The van der Waals surface area contributed by atoms with Crippen molar-refractivity contribution in [3.8, 4) is 5.75 Å². The van der Waals surface area contributed by atoms with Gasteiger partial charge >= 0.3 is 6.03 Å². The number of aryl methyl sites for hydroxylation is 1. The fraction of sp³-hybridized carbons (Fsp3) is 0.316. The SMILES string of the molecule is CCCc1ccccc1NC(=O)NCC(O)c1cccc(OC)c1. The molecule has 0 bridgehead atoms. The van der Waals surface area contributed by atoms with Gasteiger partial charge in [0.2, 0.25) is 0 Å². The Bertz CT molecular complexity index is 673. The van der Waals surface area contributed by atoms with Gasteiger partial charge in [-0.3, -0.25) is 0 Å². The van der Waals surface area contributed by atoms with Crippen LogP contribution in [0.1, 0.15) is 30.6 Å². The molecule has 0 saturated carbocycles. The molecule has 3 N–H and O–H groups in total. The Balaban J connectivity index is 1.91. The van der Waals surface area contributed by atoms with Crippen LogP contribution < -0.4 is 15.4 Å². The van der Waals surface area contributed by atoms with Crippen LogP contribution in [0.4, 0.5) is 10.5 Å². The van der Waals surface area contributed by atoms with Crippen molar-refractivity contribution in [2.75, 3.05) is 19.0 Å². The maximum absolute atomic E-state index is 12.1. The number of para-hydroxylation sites is 1. The van der Waals surface area contributed by atoms with Crippen molar-refractivity contribution in [1.82, 2.24) is 5.32 Å². The van der Waals surface area contributed by atoms with Crippen LogP contribution in [0, 0.1) is 0 Å². The highest BCUT2D eigenvalue weighted by Crippen LogP contribution is 2.19. The molecule has 0 aliphatic heterocycles. The molecule has 24 heavy (non-hydrogen) atoms. The molecule has 0 spiro atoms. The molecule has 0 radical (unpaired) electrons. The van der Waals surface area contributed by atoms with Crippen molar-refractivity contribution in [2.24, 2.45) is 0 Å². The monoisotopic (exact) mass is 328 g/mol. The number of anilines is 1. The highest BCUT2D eigenvalue weighted by molar-refractivity contribution is 5.90. The lowest BCUT2D eigenvalue weighted by Crippen LogP contribution is -2.32. The third kappa shape index (κ3) is 4.99. The van der Waals surface area contributed by atoms with E-state index >= 15 is 0 Å². The normalized spacial score (nSPS) is 11.6. The second-order valence-corrected chi connectivity index (χ2v) is 5.53. The van der Waals surface area contributed by atoms with Gasteiger partial charge in [-0.2, -0.15) is 0 Å². The standard InChI is InChI=1S/C19H24N2O3/c1-3-7-14-8-4-5-11-17(14)21-19(23)20-13-18(22)15-9-6-10-16(12-15)24-2/h4-6,8-12,18,22H,3,7,13H2,1-2H3,(H2,20,21,23). The number of ether oxygens (including phenoxy) is 1. The third-order valence-corrected chi connectivity index (χ3v) is 3.72. The summed E-state index contributed by atoms with van der Waals surface area (Å²) in [4.78, 5) is 12.1. The van der Waals surface area contributed by atoms with Crippen LogP contribution in [0.2, 0.25) is 0 Å². The van der Waals surface area contributed by atoms with Crippen molar-refractivity contribution in [2.45, 2.75) is 25.9 Å². The van der Waals surface area contributed by atoms with Gasteiger partial charge in [-0.25, -0.2) is 4.79 Å². The number of urea groups is 1. The minimum atomic E-state index is -0.795. The van der Waals surface area contributed by atoms with Crippen LogP contribution in [0.5, 0.6) is 5.75 Å². The van der Waals surface area contributed by atoms with Crippen LogP contribution >= 0.6 is 0 Å². The third-order valence-electron chi connectivity index (χ3n) is 3.72. The Morgan fingerprint density at radius 1 is 1.21 bits per heavy atom. The fourth-order valence-electron chi connectivity index (χ4n) is 2.45. The average Bonchev–Trinajstić information content (AvgIpc) is 2.61. The number of carbonyl (C=O) groups is 1. The van der Waals surface area contributed by atoms with Crippen molar-refractivity contribution >= 4 is 11.7 Å². The lowest BCUT2D eigenvalue weighted by atomic mass is 10.1. The summed E-state index contributed by atoms with van der Waals surface area (Å²) in [5.41, 5.74) is 2.59. The van der Waals surface area contributed by atoms with E-state index in [4.69, 9.17) is 4.74 Å². The number of rotatable bonds is 7. The first kappa shape index (κ1) is 17.8. The molecule has 2 rings (SSSR count). The molecular weight excluding hydrogens is 304 g/mol. The first-order valence-corrected chi connectivity index (χ1v) is 8.08. The minimum Gasteiger partial charge on any atom is -0.497 e. The van der Waals surface area contributed by atoms with E-state index in [0.29, 0.717) is 11.3 Å². The number of hydrogen-bond acceptors (Lipinski definition) is 3. The molecule has 0 aliphatic rings. The van der Waals surface area contributed by atoms with E-state index in [1.807, 2.05) is 24.3 Å². The number of methoxy groups -OCH3 is 1. The van der Waals surface area contributed by atoms with Crippen molar-refractivity contribution in [1.29, 1.82) is 0 Å². The zero-order valence-electron chi connectivity index (χ0n) is 14.1. The Kier molecular flexibility index (Phi) is 6.63. The second-order valence-electron chi connectivity index (χ2n) is 5.53. The van der Waals surface area contributed by atoms with Gasteiger partial charge in [0.15, 0.2) is 0 Å². The van der Waals surface area contributed by atoms with Gasteiger partial charge in [0.05, 0.1) is 13.2 Å². The molecule has 0 aliphatic carbocycles. The highest BCUT2D eigenvalue weighted by atomic mass is 16.5. The Morgan fingerprint density at radius 2 is 2.00 bits per heavy atom. The van der Waals surface area contributed by atoms with Crippen LogP contribution in [-0.4, -0.2) is 24.8 Å². The fourth-order valence-corrected chi connectivity index (χ4v) is 2.45. The number of amides is 2. The number of aliphatic hydroxyl groups excluding tert-OH is 1. The van der Waals surface area contributed by atoms with Crippen LogP contribution in [0.25, 0.3) is 0 Å². The number of benzene rings is 2. The van der Waals surface area contributed by atoms with Crippen LogP contribution in [-0.2, 0) is 6.42 Å². The molecular formula is C19H24N2O3. The van der Waals surface area contributed by atoms with E-state index in [9.17, 15) is 9.90 Å². The highest BCUT2D eigenvalue weighted by Gasteiger charge is 2.11. The van der Waals surface area contributed by atoms with Gasteiger partial charge in [-0.05, 0) is 35.7 Å². The molecule has 2 aromatic carbocycles. The van der Waals surface area contributed by atoms with Crippen molar-refractivity contribution in [3.05, 3.63) is 59.7 Å². The van der Waals surface area contributed by atoms with Gasteiger partial charge in [0, 0.05) is 12.2 Å². The van der Waals surface area contributed by atoms with E-state index in [1.54, 1.807) is 31.4 Å². The topological polar surface area (TPSA) is 70.6 Å². The van der Waals surface area contributed by atoms with E-state index in [2.05, 4.69) is 17.6 Å². The predicted octanol–water partition coefficient (Wildman–Crippen LogP) is 3.50. The second kappa shape index (κ2) is 8.93. The molecule has 1 atom stereocenters. The summed E-state index contributed by atoms with van der Waals surface area (Å²) in [5, 5.41) is 15.7. The molecule has 5 nitrogen and oxygen atoms in total. The molecule has 128 valence electrons. The maximum atomic E-state index is 12.1. The van der Waals surface area contributed by atoms with Crippen molar-refractivity contribution < 1.29 is 14.6 Å². The lowest BCUT2D eigenvalue weighted by molar-refractivity contribution is 0.175. The molecule has 1 unspecified atom stereocenters. The lowest BCUT2D eigenvalue weighted by Gasteiger charge is -2.15. The quantitative estimate of drug-likeness (QED) is 0.728. The summed E-state index contributed by atoms with van der Waals surface area (Å²) < 4.78 is 5.13. The van der Waals surface area contributed by atoms with Crippen LogP contribution in [0.15, 0.2) is 48.5 Å². The van der Waals surface area contributed by atoms with Gasteiger partial charge in [-0.1, -0.05) is 43.7 Å². The van der Waals surface area contributed by atoms with Crippen molar-refractivity contribution in [3.63, 3.8) is 0 Å². The first-order valence-electron chi connectivity index (χ1n) is 8.08. The summed E-state index contributed by atoms with van der Waals surface area (Å²) in [6.07, 6.45) is 1.12. The van der Waals surface area contributed by atoms with E-state index in [-0.39, 0.29) is 12.6 Å². The number of hydrogen-bond donors (Lipinski definition) is 3. The summed E-state index contributed by atoms with van der Waals surface area (Å²) in [6, 6.07) is 14.6.